The number of rotatable bonds is 6. The molecule has 0 aliphatic rings. The quantitative estimate of drug-likeness (QED) is 0.792. The largest absolute Gasteiger partial charge is 0.416 e. The van der Waals surface area contributed by atoms with Gasteiger partial charge in [0.15, 0.2) is 0 Å². The average Bonchev–Trinajstić information content (AvgIpc) is 2.52. The van der Waals surface area contributed by atoms with Crippen molar-refractivity contribution >= 4 is 0 Å². The van der Waals surface area contributed by atoms with Crippen molar-refractivity contribution in [2.24, 2.45) is 0 Å². The molecule has 0 aromatic heterocycles. The Labute approximate surface area is 139 Å². The minimum absolute atomic E-state index is 0.00333. The van der Waals surface area contributed by atoms with E-state index in [1.807, 2.05) is 19.0 Å². The van der Waals surface area contributed by atoms with Gasteiger partial charge in [0.05, 0.1) is 5.56 Å². The summed E-state index contributed by atoms with van der Waals surface area (Å²) >= 11 is 0. The van der Waals surface area contributed by atoms with E-state index in [2.05, 4.69) is 5.32 Å². The Hall–Kier alpha value is -1.92. The molecular formula is C18H20F4N2. The molecular weight excluding hydrogens is 320 g/mol. The molecule has 0 amide bonds. The molecule has 2 rings (SSSR count). The van der Waals surface area contributed by atoms with E-state index in [1.165, 1.54) is 18.2 Å². The Morgan fingerprint density at radius 2 is 1.71 bits per heavy atom. The molecule has 0 spiro atoms. The van der Waals surface area contributed by atoms with Gasteiger partial charge in [-0.3, -0.25) is 0 Å². The predicted octanol–water partition coefficient (Wildman–Crippen LogP) is 4.24. The summed E-state index contributed by atoms with van der Waals surface area (Å²) in [6.45, 7) is 0.865. The molecule has 1 unspecified atom stereocenters. The first-order valence-corrected chi connectivity index (χ1v) is 7.56. The third-order valence-corrected chi connectivity index (χ3v) is 3.80. The number of hydrogen-bond donors (Lipinski definition) is 1. The molecule has 2 aromatic rings. The number of nitrogens with zero attached hydrogens (tertiary/aromatic N) is 1. The van der Waals surface area contributed by atoms with Crippen LogP contribution in [0.4, 0.5) is 17.6 Å². The van der Waals surface area contributed by atoms with Gasteiger partial charge in [-0.2, -0.15) is 13.2 Å². The van der Waals surface area contributed by atoms with E-state index >= 15 is 0 Å². The van der Waals surface area contributed by atoms with Crippen LogP contribution >= 0.6 is 0 Å². The van der Waals surface area contributed by atoms with Gasteiger partial charge in [-0.15, -0.1) is 0 Å². The molecule has 0 saturated heterocycles. The second-order valence-electron chi connectivity index (χ2n) is 5.86. The molecule has 6 heteroatoms. The average molecular weight is 340 g/mol. The number of alkyl halides is 3. The van der Waals surface area contributed by atoms with Gasteiger partial charge in [-0.1, -0.05) is 30.3 Å². The highest BCUT2D eigenvalue weighted by Gasteiger charge is 2.30. The Kier molecular flexibility index (Phi) is 5.96. The maximum atomic E-state index is 13.0. The van der Waals surface area contributed by atoms with Crippen LogP contribution < -0.4 is 5.32 Å². The molecule has 0 heterocycles. The van der Waals surface area contributed by atoms with Crippen LogP contribution in [-0.4, -0.2) is 25.5 Å². The summed E-state index contributed by atoms with van der Waals surface area (Å²) in [5.41, 5.74) is 0.865. The van der Waals surface area contributed by atoms with Crippen molar-refractivity contribution in [3.8, 4) is 0 Å². The third-order valence-electron chi connectivity index (χ3n) is 3.80. The zero-order valence-corrected chi connectivity index (χ0v) is 13.6. The summed E-state index contributed by atoms with van der Waals surface area (Å²) in [6, 6.07) is 11.5. The summed E-state index contributed by atoms with van der Waals surface area (Å²) in [5, 5.41) is 3.17. The summed E-state index contributed by atoms with van der Waals surface area (Å²) in [7, 11) is 3.81. The van der Waals surface area contributed by atoms with Gasteiger partial charge in [-0.05, 0) is 43.4 Å². The van der Waals surface area contributed by atoms with Crippen molar-refractivity contribution in [3.63, 3.8) is 0 Å². The lowest BCUT2D eigenvalue weighted by Crippen LogP contribution is -2.30. The lowest BCUT2D eigenvalue weighted by molar-refractivity contribution is -0.137. The van der Waals surface area contributed by atoms with Gasteiger partial charge in [0, 0.05) is 19.1 Å². The first kappa shape index (κ1) is 18.4. The lowest BCUT2D eigenvalue weighted by Gasteiger charge is -2.25. The van der Waals surface area contributed by atoms with Gasteiger partial charge >= 0.3 is 6.18 Å². The van der Waals surface area contributed by atoms with Crippen molar-refractivity contribution in [3.05, 3.63) is 71.0 Å². The number of benzene rings is 2. The fraction of sp³-hybridized carbons (Fsp3) is 0.333. The van der Waals surface area contributed by atoms with Crippen LogP contribution in [0, 0.1) is 5.82 Å². The van der Waals surface area contributed by atoms with Gasteiger partial charge in [-0.25, -0.2) is 4.39 Å². The first-order valence-electron chi connectivity index (χ1n) is 7.56. The molecule has 0 aliphatic heterocycles. The van der Waals surface area contributed by atoms with Crippen molar-refractivity contribution in [1.82, 2.24) is 10.2 Å². The summed E-state index contributed by atoms with van der Waals surface area (Å²) in [5.74, 6) is -0.298. The van der Waals surface area contributed by atoms with E-state index in [0.717, 1.165) is 17.7 Å². The highest BCUT2D eigenvalue weighted by atomic mass is 19.4. The Bertz CT molecular complexity index is 651. The van der Waals surface area contributed by atoms with Crippen molar-refractivity contribution in [2.75, 3.05) is 20.6 Å². The lowest BCUT2D eigenvalue weighted by atomic mass is 10.1. The van der Waals surface area contributed by atoms with Crippen molar-refractivity contribution in [1.29, 1.82) is 0 Å². The molecule has 2 aromatic carbocycles. The molecule has 1 atom stereocenters. The topological polar surface area (TPSA) is 15.3 Å². The molecule has 0 fully saturated rings. The number of nitrogens with one attached hydrogen (secondary N) is 1. The fourth-order valence-corrected chi connectivity index (χ4v) is 2.49. The standard InChI is InChI=1S/C18H20F4N2/c1-24(2)17(14-6-8-16(19)9-7-14)12-23-11-13-4-3-5-15(10-13)18(20,21)22/h3-10,17,23H,11-12H2,1-2H3. The summed E-state index contributed by atoms with van der Waals surface area (Å²) in [6.07, 6.45) is -4.34. The van der Waals surface area contributed by atoms with Gasteiger partial charge in [0.2, 0.25) is 0 Å². The molecule has 2 nitrogen and oxygen atoms in total. The maximum absolute atomic E-state index is 13.0. The van der Waals surface area contributed by atoms with Crippen LogP contribution in [0.3, 0.4) is 0 Å². The Balaban J connectivity index is 2.00. The predicted molar refractivity (Wildman–Crippen MR) is 86.0 cm³/mol. The monoisotopic (exact) mass is 340 g/mol. The zero-order chi connectivity index (χ0) is 17.7. The van der Waals surface area contributed by atoms with E-state index in [0.29, 0.717) is 18.7 Å². The van der Waals surface area contributed by atoms with Crippen LogP contribution in [0.15, 0.2) is 48.5 Å². The Morgan fingerprint density at radius 3 is 2.29 bits per heavy atom. The van der Waals surface area contributed by atoms with E-state index in [1.54, 1.807) is 18.2 Å². The highest BCUT2D eigenvalue weighted by Crippen LogP contribution is 2.29. The van der Waals surface area contributed by atoms with Crippen LogP contribution in [0.1, 0.15) is 22.7 Å². The number of likely N-dealkylation sites (N-methyl/N-ethyl adjacent to an activating group) is 1. The second-order valence-corrected chi connectivity index (χ2v) is 5.86. The van der Waals surface area contributed by atoms with Crippen LogP contribution in [0.2, 0.25) is 0 Å². The minimum Gasteiger partial charge on any atom is -0.311 e. The van der Waals surface area contributed by atoms with Gasteiger partial charge in [0.25, 0.3) is 0 Å². The van der Waals surface area contributed by atoms with E-state index in [9.17, 15) is 17.6 Å². The smallest absolute Gasteiger partial charge is 0.311 e. The van der Waals surface area contributed by atoms with Crippen LogP contribution in [0.25, 0.3) is 0 Å². The molecule has 130 valence electrons. The normalized spacial score (nSPS) is 13.3. The highest BCUT2D eigenvalue weighted by molar-refractivity contribution is 5.26. The van der Waals surface area contributed by atoms with E-state index in [-0.39, 0.29) is 11.9 Å². The SMILES string of the molecule is CN(C)C(CNCc1cccc(C(F)(F)F)c1)c1ccc(F)cc1. The molecule has 0 saturated carbocycles. The zero-order valence-electron chi connectivity index (χ0n) is 13.6. The van der Waals surface area contributed by atoms with Crippen molar-refractivity contribution in [2.45, 2.75) is 18.8 Å². The van der Waals surface area contributed by atoms with Crippen LogP contribution in [-0.2, 0) is 12.7 Å². The molecule has 0 radical (unpaired) electrons. The van der Waals surface area contributed by atoms with E-state index < -0.39 is 11.7 Å². The van der Waals surface area contributed by atoms with Gasteiger partial charge in [0.1, 0.15) is 5.82 Å². The molecule has 0 bridgehead atoms. The maximum Gasteiger partial charge on any atom is 0.416 e. The summed E-state index contributed by atoms with van der Waals surface area (Å²) < 4.78 is 51.2. The third kappa shape index (κ3) is 5.04. The van der Waals surface area contributed by atoms with Crippen LogP contribution in [0.5, 0.6) is 0 Å². The number of halogens is 4. The van der Waals surface area contributed by atoms with Crippen molar-refractivity contribution < 1.29 is 17.6 Å². The second kappa shape index (κ2) is 7.77. The molecule has 0 aliphatic carbocycles. The summed E-state index contributed by atoms with van der Waals surface area (Å²) in [4.78, 5) is 1.98. The first-order chi connectivity index (χ1) is 11.3. The minimum atomic E-state index is -4.34. The molecule has 24 heavy (non-hydrogen) atoms. The Morgan fingerprint density at radius 1 is 1.04 bits per heavy atom. The molecule has 1 N–H and O–H groups in total. The van der Waals surface area contributed by atoms with E-state index in [4.69, 9.17) is 0 Å². The van der Waals surface area contributed by atoms with Gasteiger partial charge < -0.3 is 10.2 Å². The fourth-order valence-electron chi connectivity index (χ4n) is 2.49. The number of hydrogen-bond acceptors (Lipinski definition) is 2.